The zero-order chi connectivity index (χ0) is 27.8. The molecule has 9 nitrogen and oxygen atoms in total. The van der Waals surface area contributed by atoms with Gasteiger partial charge < -0.3 is 24.6 Å². The first kappa shape index (κ1) is 27.6. The molecule has 0 unspecified atom stereocenters. The summed E-state index contributed by atoms with van der Waals surface area (Å²) >= 11 is 5.43. The molecule has 0 saturated carbocycles. The number of benzene rings is 3. The van der Waals surface area contributed by atoms with Gasteiger partial charge in [0.25, 0.3) is 11.8 Å². The molecule has 0 radical (unpaired) electrons. The van der Waals surface area contributed by atoms with E-state index in [9.17, 15) is 14.4 Å². The summed E-state index contributed by atoms with van der Waals surface area (Å²) in [6.07, 6.45) is 0. The van der Waals surface area contributed by atoms with E-state index in [1.807, 2.05) is 42.2 Å². The molecule has 2 N–H and O–H groups in total. The number of hydrogen-bond donors (Lipinski definition) is 2. The third-order valence-corrected chi connectivity index (χ3v) is 6.45. The molecule has 1 aliphatic rings. The van der Waals surface area contributed by atoms with Crippen LogP contribution in [0.4, 0.5) is 11.4 Å². The van der Waals surface area contributed by atoms with Gasteiger partial charge in [-0.1, -0.05) is 18.2 Å². The molecule has 202 valence electrons. The maximum absolute atomic E-state index is 12.9. The number of amides is 2. The van der Waals surface area contributed by atoms with E-state index in [2.05, 4.69) is 15.5 Å². The Morgan fingerprint density at radius 3 is 2.18 bits per heavy atom. The molecule has 39 heavy (non-hydrogen) atoms. The fourth-order valence-electron chi connectivity index (χ4n) is 4.27. The van der Waals surface area contributed by atoms with Crippen molar-refractivity contribution in [2.45, 2.75) is 6.92 Å². The molecule has 2 amide bonds. The second kappa shape index (κ2) is 12.9. The van der Waals surface area contributed by atoms with E-state index < -0.39 is 5.97 Å². The SMILES string of the molecule is CCOc1ccc(C(=O)NC(=S)Nc2cc(C(=O)OC)ccc2N2CCN(C(=O)c3ccccc3)CC2)cc1. The molecule has 1 aliphatic heterocycles. The third kappa shape index (κ3) is 6.91. The van der Waals surface area contributed by atoms with E-state index in [0.717, 1.165) is 5.69 Å². The lowest BCUT2D eigenvalue weighted by molar-refractivity contribution is 0.0600. The average Bonchev–Trinajstić information content (AvgIpc) is 2.97. The topological polar surface area (TPSA) is 100 Å². The van der Waals surface area contributed by atoms with Gasteiger partial charge in [0.05, 0.1) is 30.7 Å². The van der Waals surface area contributed by atoms with E-state index in [1.54, 1.807) is 42.5 Å². The number of piperazine rings is 1. The molecule has 1 saturated heterocycles. The first-order valence-corrected chi connectivity index (χ1v) is 13.0. The first-order chi connectivity index (χ1) is 18.9. The number of thiocarbonyl (C=S) groups is 1. The highest BCUT2D eigenvalue weighted by molar-refractivity contribution is 7.80. The summed E-state index contributed by atoms with van der Waals surface area (Å²) < 4.78 is 10.3. The number of hydrogen-bond acceptors (Lipinski definition) is 7. The predicted octanol–water partition coefficient (Wildman–Crippen LogP) is 3.96. The van der Waals surface area contributed by atoms with Crippen LogP contribution < -0.4 is 20.3 Å². The molecule has 3 aromatic rings. The highest BCUT2D eigenvalue weighted by Crippen LogP contribution is 2.29. The van der Waals surface area contributed by atoms with Crippen LogP contribution in [0.1, 0.15) is 38.0 Å². The number of esters is 1. The van der Waals surface area contributed by atoms with Crippen LogP contribution in [0, 0.1) is 0 Å². The largest absolute Gasteiger partial charge is 0.494 e. The molecule has 4 rings (SSSR count). The Morgan fingerprint density at radius 2 is 1.54 bits per heavy atom. The third-order valence-electron chi connectivity index (χ3n) is 6.25. The fourth-order valence-corrected chi connectivity index (χ4v) is 4.47. The Hall–Kier alpha value is -4.44. The standard InChI is InChI=1S/C29H30N4O5S/c1-3-38-23-12-9-20(10-13-23)26(34)31-29(39)30-24-19-22(28(36)37-2)11-14-25(24)32-15-17-33(18-16-32)27(35)21-7-5-4-6-8-21/h4-14,19H,3,15-18H2,1-2H3,(H2,30,31,34,39). The van der Waals surface area contributed by atoms with Crippen LogP contribution >= 0.6 is 12.2 Å². The van der Waals surface area contributed by atoms with Crippen LogP contribution in [0.5, 0.6) is 5.75 Å². The van der Waals surface area contributed by atoms with Crippen molar-refractivity contribution in [1.29, 1.82) is 0 Å². The smallest absolute Gasteiger partial charge is 0.337 e. The molecule has 0 bridgehead atoms. The van der Waals surface area contributed by atoms with Gasteiger partial charge in [0.2, 0.25) is 0 Å². The van der Waals surface area contributed by atoms with Crippen molar-refractivity contribution in [3.05, 3.63) is 89.5 Å². The summed E-state index contributed by atoms with van der Waals surface area (Å²) in [6.45, 7) is 4.64. The number of anilines is 2. The van der Waals surface area contributed by atoms with Crippen LogP contribution in [0.3, 0.4) is 0 Å². The van der Waals surface area contributed by atoms with Gasteiger partial charge in [0, 0.05) is 37.3 Å². The lowest BCUT2D eigenvalue weighted by atomic mass is 10.1. The number of methoxy groups -OCH3 is 1. The minimum atomic E-state index is -0.493. The van der Waals surface area contributed by atoms with Gasteiger partial charge in [-0.2, -0.15) is 0 Å². The number of ether oxygens (including phenoxy) is 2. The molecule has 0 aromatic heterocycles. The van der Waals surface area contributed by atoms with Crippen molar-refractivity contribution < 1.29 is 23.9 Å². The monoisotopic (exact) mass is 546 g/mol. The molecular weight excluding hydrogens is 516 g/mol. The van der Waals surface area contributed by atoms with Crippen molar-refractivity contribution in [3.63, 3.8) is 0 Å². The second-order valence-electron chi connectivity index (χ2n) is 8.73. The molecule has 10 heteroatoms. The van der Waals surface area contributed by atoms with Gasteiger partial charge >= 0.3 is 5.97 Å². The predicted molar refractivity (Wildman–Crippen MR) is 154 cm³/mol. The van der Waals surface area contributed by atoms with E-state index in [1.165, 1.54) is 7.11 Å². The van der Waals surface area contributed by atoms with Crippen molar-refractivity contribution >= 4 is 46.5 Å². The normalized spacial score (nSPS) is 12.9. The summed E-state index contributed by atoms with van der Waals surface area (Å²) in [5.74, 6) is -0.209. The zero-order valence-electron chi connectivity index (χ0n) is 21.8. The molecule has 0 aliphatic carbocycles. The first-order valence-electron chi connectivity index (χ1n) is 12.6. The highest BCUT2D eigenvalue weighted by atomic mass is 32.1. The maximum atomic E-state index is 12.9. The fraction of sp³-hybridized carbons (Fsp3) is 0.241. The van der Waals surface area contributed by atoms with Crippen LogP contribution in [0.2, 0.25) is 0 Å². The van der Waals surface area contributed by atoms with Gasteiger partial charge in [-0.3, -0.25) is 14.9 Å². The number of carbonyl (C=O) groups is 3. The van der Waals surface area contributed by atoms with Crippen molar-refractivity contribution in [1.82, 2.24) is 10.2 Å². The summed E-state index contributed by atoms with van der Waals surface area (Å²) in [5.41, 5.74) is 2.74. The molecular formula is C29H30N4O5S. The van der Waals surface area contributed by atoms with E-state index in [0.29, 0.717) is 60.9 Å². The van der Waals surface area contributed by atoms with Crippen molar-refractivity contribution in [2.24, 2.45) is 0 Å². The van der Waals surface area contributed by atoms with Gasteiger partial charge in [-0.25, -0.2) is 4.79 Å². The van der Waals surface area contributed by atoms with E-state index in [4.69, 9.17) is 21.7 Å². The Balaban J connectivity index is 1.46. The summed E-state index contributed by atoms with van der Waals surface area (Å²) in [7, 11) is 1.31. The molecule has 0 spiro atoms. The number of carbonyl (C=O) groups excluding carboxylic acids is 3. The molecule has 1 fully saturated rings. The van der Waals surface area contributed by atoms with Crippen LogP contribution in [-0.4, -0.2) is 67.7 Å². The van der Waals surface area contributed by atoms with E-state index in [-0.39, 0.29) is 16.9 Å². The number of nitrogens with zero attached hydrogens (tertiary/aromatic N) is 2. The lowest BCUT2D eigenvalue weighted by Crippen LogP contribution is -2.49. The molecule has 3 aromatic carbocycles. The Kier molecular flexibility index (Phi) is 9.11. The average molecular weight is 547 g/mol. The summed E-state index contributed by atoms with van der Waals surface area (Å²) in [4.78, 5) is 41.7. The van der Waals surface area contributed by atoms with Crippen molar-refractivity contribution in [3.8, 4) is 5.75 Å². The molecule has 0 atom stereocenters. The Bertz CT molecular complexity index is 1340. The highest BCUT2D eigenvalue weighted by Gasteiger charge is 2.24. The number of nitrogens with one attached hydrogen (secondary N) is 2. The zero-order valence-corrected chi connectivity index (χ0v) is 22.6. The Labute approximate surface area is 232 Å². The van der Waals surface area contributed by atoms with Gasteiger partial charge in [-0.05, 0) is 73.7 Å². The number of rotatable bonds is 7. The maximum Gasteiger partial charge on any atom is 0.337 e. The minimum Gasteiger partial charge on any atom is -0.494 e. The van der Waals surface area contributed by atoms with Gasteiger partial charge in [0.15, 0.2) is 5.11 Å². The van der Waals surface area contributed by atoms with Crippen LogP contribution in [0.25, 0.3) is 0 Å². The van der Waals surface area contributed by atoms with Crippen LogP contribution in [0.15, 0.2) is 72.8 Å². The molecule has 1 heterocycles. The van der Waals surface area contributed by atoms with Crippen LogP contribution in [-0.2, 0) is 4.74 Å². The Morgan fingerprint density at radius 1 is 0.872 bits per heavy atom. The summed E-state index contributed by atoms with van der Waals surface area (Å²) in [5, 5.41) is 5.83. The van der Waals surface area contributed by atoms with Gasteiger partial charge in [0.1, 0.15) is 5.75 Å². The second-order valence-corrected chi connectivity index (χ2v) is 9.14. The quantitative estimate of drug-likeness (QED) is 0.339. The minimum absolute atomic E-state index is 0.00665. The van der Waals surface area contributed by atoms with Crippen molar-refractivity contribution in [2.75, 3.05) is 50.1 Å². The van der Waals surface area contributed by atoms with E-state index >= 15 is 0 Å². The lowest BCUT2D eigenvalue weighted by Gasteiger charge is -2.37. The summed E-state index contributed by atoms with van der Waals surface area (Å²) in [6, 6.07) is 21.1. The van der Waals surface area contributed by atoms with Gasteiger partial charge in [-0.15, -0.1) is 0 Å².